The quantitative estimate of drug-likeness (QED) is 0.613. The number of amides is 1. The molecule has 3 heteroatoms. The molecule has 0 spiro atoms. The Morgan fingerprint density at radius 1 is 0.857 bits per heavy atom. The van der Waals surface area contributed by atoms with Gasteiger partial charge in [0.2, 0.25) is 5.91 Å². The number of hydrogen-bond donors (Lipinski definition) is 2. The topological polar surface area (TPSA) is 49.3 Å². The number of benzene rings is 3. The van der Waals surface area contributed by atoms with Gasteiger partial charge in [0.1, 0.15) is 11.2 Å². The number of phenols is 1. The normalized spacial score (nSPS) is 18.2. The molecule has 0 saturated carbocycles. The van der Waals surface area contributed by atoms with E-state index in [1.807, 2.05) is 66.7 Å². The Morgan fingerprint density at radius 2 is 1.50 bits per heavy atom. The number of para-hydroxylation sites is 1. The van der Waals surface area contributed by atoms with Gasteiger partial charge in [-0.05, 0) is 34.7 Å². The highest BCUT2D eigenvalue weighted by Gasteiger charge is 2.51. The number of phenolic OH excluding ortho intramolecular Hbond substituents is 1. The summed E-state index contributed by atoms with van der Waals surface area (Å²) in [5.74, 6) is -0.0186. The molecular formula is C25H27NO2. The van der Waals surface area contributed by atoms with Crippen molar-refractivity contribution in [3.05, 3.63) is 95.1 Å². The summed E-state index contributed by atoms with van der Waals surface area (Å²) in [6, 6.07) is 23.0. The smallest absolute Gasteiger partial charge is 0.244 e. The molecule has 0 fully saturated rings. The van der Waals surface area contributed by atoms with E-state index in [-0.39, 0.29) is 24.5 Å². The molecule has 0 aliphatic carbocycles. The monoisotopic (exact) mass is 373 g/mol. The fourth-order valence-corrected chi connectivity index (χ4v) is 3.96. The molecule has 1 aliphatic rings. The lowest BCUT2D eigenvalue weighted by atomic mass is 9.68. The largest absolute Gasteiger partial charge is 0.508 e. The number of carbonyl (C=O) groups excluding carboxylic acids is 1. The lowest BCUT2D eigenvalue weighted by molar-refractivity contribution is -0.118. The minimum atomic E-state index is -1.08. The van der Waals surface area contributed by atoms with Crippen molar-refractivity contribution in [1.82, 2.24) is 0 Å². The minimum Gasteiger partial charge on any atom is -0.508 e. The molecule has 2 N–H and O–H groups in total. The average molecular weight is 373 g/mol. The summed E-state index contributed by atoms with van der Waals surface area (Å²) in [5, 5.41) is 13.9. The van der Waals surface area contributed by atoms with Crippen molar-refractivity contribution in [3.63, 3.8) is 0 Å². The van der Waals surface area contributed by atoms with E-state index in [2.05, 4.69) is 26.1 Å². The molecule has 28 heavy (non-hydrogen) atoms. The van der Waals surface area contributed by atoms with E-state index in [0.29, 0.717) is 5.56 Å². The first kappa shape index (κ1) is 19.7. The summed E-state index contributed by atoms with van der Waals surface area (Å²) in [5.41, 5.74) is 2.99. The fourth-order valence-electron chi connectivity index (χ4n) is 3.96. The summed E-state index contributed by atoms with van der Waals surface area (Å²) >= 11 is 0. The molecule has 3 aromatic carbocycles. The van der Waals surface area contributed by atoms with E-state index in [0.717, 1.165) is 22.4 Å². The predicted molar refractivity (Wildman–Crippen MR) is 115 cm³/mol. The van der Waals surface area contributed by atoms with Gasteiger partial charge >= 0.3 is 0 Å². The highest BCUT2D eigenvalue weighted by molar-refractivity contribution is 6.11. The lowest BCUT2D eigenvalue weighted by Crippen LogP contribution is -2.37. The summed E-state index contributed by atoms with van der Waals surface area (Å²) in [6.07, 6.45) is 0. The van der Waals surface area contributed by atoms with Crippen molar-refractivity contribution < 1.29 is 9.90 Å². The maximum atomic E-state index is 13.4. The summed E-state index contributed by atoms with van der Waals surface area (Å²) < 4.78 is 0. The first-order valence-electron chi connectivity index (χ1n) is 9.15. The van der Waals surface area contributed by atoms with Crippen molar-refractivity contribution >= 4 is 11.6 Å². The first-order valence-corrected chi connectivity index (χ1v) is 9.15. The van der Waals surface area contributed by atoms with Gasteiger partial charge in [-0.25, -0.2) is 0 Å². The van der Waals surface area contributed by atoms with Gasteiger partial charge in [-0.15, -0.1) is 0 Å². The summed E-state index contributed by atoms with van der Waals surface area (Å²) in [6.45, 7) is 6.38. The molecule has 1 atom stereocenters. The summed E-state index contributed by atoms with van der Waals surface area (Å²) in [4.78, 5) is 13.4. The molecule has 0 saturated heterocycles. The van der Waals surface area contributed by atoms with Gasteiger partial charge in [-0.1, -0.05) is 82.8 Å². The van der Waals surface area contributed by atoms with Gasteiger partial charge in [0, 0.05) is 16.8 Å². The number of aromatic hydroxyl groups is 1. The number of anilines is 1. The Kier molecular flexibility index (Phi) is 4.80. The van der Waals surface area contributed by atoms with Crippen LogP contribution in [0.25, 0.3) is 0 Å². The molecule has 3 nitrogen and oxygen atoms in total. The molecule has 1 amide bonds. The van der Waals surface area contributed by atoms with Crippen LogP contribution in [0.4, 0.5) is 5.69 Å². The van der Waals surface area contributed by atoms with E-state index in [1.165, 1.54) is 0 Å². The molecule has 1 heterocycles. The Balaban J connectivity index is 0.00000225. The second-order valence-electron chi connectivity index (χ2n) is 8.10. The number of carbonyl (C=O) groups is 1. The number of rotatable bonds is 2. The van der Waals surface area contributed by atoms with Crippen LogP contribution in [-0.4, -0.2) is 11.0 Å². The van der Waals surface area contributed by atoms with Gasteiger partial charge in [-0.2, -0.15) is 0 Å². The van der Waals surface area contributed by atoms with Gasteiger partial charge in [0.25, 0.3) is 0 Å². The number of fused-ring (bicyclic) bond motifs is 1. The van der Waals surface area contributed by atoms with E-state index in [4.69, 9.17) is 0 Å². The van der Waals surface area contributed by atoms with Gasteiger partial charge in [0.15, 0.2) is 0 Å². The fraction of sp³-hybridized carbons (Fsp3) is 0.240. The minimum absolute atomic E-state index is 0. The van der Waals surface area contributed by atoms with Gasteiger partial charge < -0.3 is 10.4 Å². The van der Waals surface area contributed by atoms with Crippen molar-refractivity contribution in [2.75, 3.05) is 5.32 Å². The van der Waals surface area contributed by atoms with E-state index in [9.17, 15) is 9.90 Å². The van der Waals surface area contributed by atoms with Crippen LogP contribution in [-0.2, 0) is 15.6 Å². The van der Waals surface area contributed by atoms with Crippen LogP contribution in [0.15, 0.2) is 72.8 Å². The molecule has 0 bridgehead atoms. The molecule has 3 aromatic rings. The standard InChI is InChI=1S/C24H23NO2.CH4/c1-23(2,3)17-13-14-21(26)19(15-17)24(16-9-5-4-6-10-16)18-11-7-8-12-20(18)25-22(24)27;/h4-15,26H,1-3H3,(H,25,27);1H4. The van der Waals surface area contributed by atoms with Crippen molar-refractivity contribution in [1.29, 1.82) is 0 Å². The van der Waals surface area contributed by atoms with Crippen LogP contribution in [0.2, 0.25) is 0 Å². The highest BCUT2D eigenvalue weighted by Crippen LogP contribution is 2.50. The molecule has 0 aromatic heterocycles. The van der Waals surface area contributed by atoms with Crippen LogP contribution < -0.4 is 5.32 Å². The average Bonchev–Trinajstić information content (AvgIpc) is 2.94. The van der Waals surface area contributed by atoms with E-state index >= 15 is 0 Å². The van der Waals surface area contributed by atoms with E-state index < -0.39 is 5.41 Å². The zero-order valence-corrected chi connectivity index (χ0v) is 15.8. The number of nitrogens with one attached hydrogen (secondary N) is 1. The van der Waals surface area contributed by atoms with Gasteiger partial charge in [-0.3, -0.25) is 4.79 Å². The van der Waals surface area contributed by atoms with E-state index in [1.54, 1.807) is 6.07 Å². The maximum Gasteiger partial charge on any atom is 0.244 e. The molecular weight excluding hydrogens is 346 g/mol. The zero-order valence-electron chi connectivity index (χ0n) is 15.8. The Hall–Kier alpha value is -3.07. The SMILES string of the molecule is C.CC(C)(C)c1ccc(O)c(C2(c3ccccc3)C(=O)Nc3ccccc32)c1. The molecule has 0 radical (unpaired) electrons. The van der Waals surface area contributed by atoms with Crippen LogP contribution in [0, 0.1) is 0 Å². The predicted octanol–water partition coefficient (Wildman–Crippen LogP) is 5.61. The first-order chi connectivity index (χ1) is 12.8. The third-order valence-corrected chi connectivity index (χ3v) is 5.39. The van der Waals surface area contributed by atoms with Crippen LogP contribution in [0.3, 0.4) is 0 Å². The molecule has 1 unspecified atom stereocenters. The number of hydrogen-bond acceptors (Lipinski definition) is 2. The highest BCUT2D eigenvalue weighted by atomic mass is 16.3. The Morgan fingerprint density at radius 3 is 2.18 bits per heavy atom. The summed E-state index contributed by atoms with van der Waals surface area (Å²) in [7, 11) is 0. The second kappa shape index (κ2) is 6.83. The zero-order chi connectivity index (χ0) is 19.2. The third kappa shape index (κ3) is 2.78. The molecule has 144 valence electrons. The molecule has 1 aliphatic heterocycles. The molecule has 4 rings (SSSR count). The van der Waals surface area contributed by atoms with Crippen LogP contribution in [0.1, 0.15) is 50.5 Å². The van der Waals surface area contributed by atoms with Crippen LogP contribution >= 0.6 is 0 Å². The van der Waals surface area contributed by atoms with Crippen molar-refractivity contribution in [3.8, 4) is 5.75 Å². The van der Waals surface area contributed by atoms with Crippen molar-refractivity contribution in [2.24, 2.45) is 0 Å². The second-order valence-corrected chi connectivity index (χ2v) is 8.10. The van der Waals surface area contributed by atoms with Crippen molar-refractivity contribution in [2.45, 2.75) is 39.0 Å². The van der Waals surface area contributed by atoms with Gasteiger partial charge in [0.05, 0.1) is 0 Å². The third-order valence-electron chi connectivity index (χ3n) is 5.39. The van der Waals surface area contributed by atoms with Crippen LogP contribution in [0.5, 0.6) is 5.75 Å². The Labute approximate surface area is 167 Å². The Bertz CT molecular complexity index is 1020. The maximum absolute atomic E-state index is 13.4. The lowest BCUT2D eigenvalue weighted by Gasteiger charge is -2.31.